The van der Waals surface area contributed by atoms with E-state index in [-0.39, 0.29) is 6.10 Å². The van der Waals surface area contributed by atoms with E-state index in [9.17, 15) is 0 Å². The van der Waals surface area contributed by atoms with E-state index in [0.29, 0.717) is 10.0 Å². The first-order valence-electron chi connectivity index (χ1n) is 6.36. The summed E-state index contributed by atoms with van der Waals surface area (Å²) in [7, 11) is 0. The molecule has 0 bridgehead atoms. The summed E-state index contributed by atoms with van der Waals surface area (Å²) in [6, 6.07) is 7.12. The van der Waals surface area contributed by atoms with E-state index in [2.05, 4.69) is 14.9 Å². The lowest BCUT2D eigenvalue weighted by molar-refractivity contribution is 0.225. The Labute approximate surface area is 127 Å². The second-order valence-corrected chi connectivity index (χ2v) is 5.41. The van der Waals surface area contributed by atoms with Crippen molar-refractivity contribution in [1.29, 1.82) is 0 Å². The molecule has 1 aliphatic rings. The lowest BCUT2D eigenvalue weighted by Gasteiger charge is -2.17. The van der Waals surface area contributed by atoms with Crippen molar-refractivity contribution < 1.29 is 4.74 Å². The highest BCUT2D eigenvalue weighted by atomic mass is 35.5. The third-order valence-electron chi connectivity index (χ3n) is 3.17. The molecular weight excluding hydrogens is 297 g/mol. The first-order chi connectivity index (χ1) is 9.72. The molecule has 3 rings (SSSR count). The average Bonchev–Trinajstić information content (AvgIpc) is 2.92. The molecule has 1 aliphatic heterocycles. The van der Waals surface area contributed by atoms with Gasteiger partial charge in [0.1, 0.15) is 11.9 Å². The maximum absolute atomic E-state index is 5.98. The fourth-order valence-corrected chi connectivity index (χ4v) is 2.49. The van der Waals surface area contributed by atoms with E-state index >= 15 is 0 Å². The van der Waals surface area contributed by atoms with Crippen molar-refractivity contribution in [2.45, 2.75) is 12.5 Å². The van der Waals surface area contributed by atoms with Crippen LogP contribution in [-0.4, -0.2) is 29.2 Å². The van der Waals surface area contributed by atoms with Crippen LogP contribution in [-0.2, 0) is 0 Å². The third-order valence-corrected chi connectivity index (χ3v) is 3.91. The Balaban J connectivity index is 1.64. The van der Waals surface area contributed by atoms with Crippen LogP contribution in [0.15, 0.2) is 36.7 Å². The van der Waals surface area contributed by atoms with E-state index in [1.807, 2.05) is 12.1 Å². The number of hydrogen-bond acceptors (Lipinski definition) is 4. The summed E-state index contributed by atoms with van der Waals surface area (Å²) >= 11 is 11.9. The van der Waals surface area contributed by atoms with Crippen LogP contribution in [0.5, 0.6) is 5.75 Å². The van der Waals surface area contributed by atoms with Gasteiger partial charge in [-0.3, -0.25) is 0 Å². The van der Waals surface area contributed by atoms with Gasteiger partial charge in [-0.2, -0.15) is 0 Å². The summed E-state index contributed by atoms with van der Waals surface area (Å²) in [6.07, 6.45) is 4.53. The Morgan fingerprint density at radius 1 is 1.15 bits per heavy atom. The predicted octanol–water partition coefficient (Wildman–Crippen LogP) is 3.44. The summed E-state index contributed by atoms with van der Waals surface area (Å²) in [6.45, 7) is 1.65. The van der Waals surface area contributed by atoms with Crippen LogP contribution in [0.3, 0.4) is 0 Å². The van der Waals surface area contributed by atoms with E-state index in [0.717, 1.165) is 31.2 Å². The second-order valence-electron chi connectivity index (χ2n) is 4.60. The quantitative estimate of drug-likeness (QED) is 0.870. The molecule has 2 heterocycles. The summed E-state index contributed by atoms with van der Waals surface area (Å²) < 4.78 is 5.92. The number of anilines is 1. The number of benzene rings is 1. The molecule has 2 aromatic rings. The first-order valence-corrected chi connectivity index (χ1v) is 7.11. The van der Waals surface area contributed by atoms with Gasteiger partial charge in [0.15, 0.2) is 0 Å². The molecule has 1 aromatic heterocycles. The predicted molar refractivity (Wildman–Crippen MR) is 79.7 cm³/mol. The van der Waals surface area contributed by atoms with Crippen LogP contribution in [0.4, 0.5) is 5.95 Å². The standard InChI is InChI=1S/C14H13Cl2N3O/c15-12-3-2-10(8-13(12)16)20-11-4-7-19(9-11)14-17-5-1-6-18-14/h1-3,5-6,8,11H,4,7,9H2. The molecule has 0 saturated carbocycles. The minimum absolute atomic E-state index is 0.107. The molecular formula is C14H13Cl2N3O. The molecule has 104 valence electrons. The minimum Gasteiger partial charge on any atom is -0.488 e. The zero-order valence-electron chi connectivity index (χ0n) is 10.7. The van der Waals surface area contributed by atoms with Gasteiger partial charge in [-0.1, -0.05) is 23.2 Å². The van der Waals surface area contributed by atoms with Crippen LogP contribution in [0.25, 0.3) is 0 Å². The normalized spacial score (nSPS) is 18.3. The molecule has 20 heavy (non-hydrogen) atoms. The maximum atomic E-state index is 5.98. The van der Waals surface area contributed by atoms with Crippen molar-refractivity contribution in [3.05, 3.63) is 46.7 Å². The van der Waals surface area contributed by atoms with Gasteiger partial charge in [-0.05, 0) is 18.2 Å². The zero-order chi connectivity index (χ0) is 13.9. The van der Waals surface area contributed by atoms with Crippen molar-refractivity contribution >= 4 is 29.2 Å². The molecule has 1 atom stereocenters. The smallest absolute Gasteiger partial charge is 0.225 e. The highest BCUT2D eigenvalue weighted by molar-refractivity contribution is 6.42. The number of hydrogen-bond donors (Lipinski definition) is 0. The molecule has 1 fully saturated rings. The fourth-order valence-electron chi connectivity index (χ4n) is 2.20. The molecule has 1 saturated heterocycles. The highest BCUT2D eigenvalue weighted by Gasteiger charge is 2.25. The van der Waals surface area contributed by atoms with E-state index in [1.165, 1.54) is 0 Å². The summed E-state index contributed by atoms with van der Waals surface area (Å²) in [5, 5.41) is 1.04. The lowest BCUT2D eigenvalue weighted by Crippen LogP contribution is -2.25. The Kier molecular flexibility index (Phi) is 3.94. The topological polar surface area (TPSA) is 38.2 Å². The van der Waals surface area contributed by atoms with Crippen molar-refractivity contribution in [3.8, 4) is 5.75 Å². The number of halogens is 2. The Morgan fingerprint density at radius 3 is 2.70 bits per heavy atom. The van der Waals surface area contributed by atoms with Crippen molar-refractivity contribution in [2.24, 2.45) is 0 Å². The highest BCUT2D eigenvalue weighted by Crippen LogP contribution is 2.28. The molecule has 6 heteroatoms. The molecule has 0 spiro atoms. The van der Waals surface area contributed by atoms with Crippen LogP contribution in [0.2, 0.25) is 10.0 Å². The van der Waals surface area contributed by atoms with Gasteiger partial charge in [0.05, 0.1) is 16.6 Å². The van der Waals surface area contributed by atoms with Crippen molar-refractivity contribution in [2.75, 3.05) is 18.0 Å². The average molecular weight is 310 g/mol. The van der Waals surface area contributed by atoms with E-state index in [4.69, 9.17) is 27.9 Å². The summed E-state index contributed by atoms with van der Waals surface area (Å²) in [4.78, 5) is 10.6. The number of ether oxygens (including phenoxy) is 1. The maximum Gasteiger partial charge on any atom is 0.225 e. The van der Waals surface area contributed by atoms with Gasteiger partial charge < -0.3 is 9.64 Å². The Bertz CT molecular complexity index is 594. The van der Waals surface area contributed by atoms with Gasteiger partial charge in [-0.15, -0.1) is 0 Å². The molecule has 0 amide bonds. The molecule has 0 aliphatic carbocycles. The molecule has 4 nitrogen and oxygen atoms in total. The van der Waals surface area contributed by atoms with E-state index < -0.39 is 0 Å². The van der Waals surface area contributed by atoms with Gasteiger partial charge in [0, 0.05) is 31.4 Å². The van der Waals surface area contributed by atoms with Gasteiger partial charge in [0.2, 0.25) is 5.95 Å². The van der Waals surface area contributed by atoms with Crippen LogP contribution >= 0.6 is 23.2 Å². The lowest BCUT2D eigenvalue weighted by atomic mass is 10.3. The minimum atomic E-state index is 0.107. The Hall–Kier alpha value is -1.52. The Morgan fingerprint density at radius 2 is 1.95 bits per heavy atom. The first kappa shape index (κ1) is 13.5. The SMILES string of the molecule is Clc1ccc(OC2CCN(c3ncccn3)C2)cc1Cl. The second kappa shape index (κ2) is 5.85. The number of nitrogens with zero attached hydrogens (tertiary/aromatic N) is 3. The monoisotopic (exact) mass is 309 g/mol. The molecule has 0 N–H and O–H groups in total. The zero-order valence-corrected chi connectivity index (χ0v) is 12.2. The fraction of sp³-hybridized carbons (Fsp3) is 0.286. The van der Waals surface area contributed by atoms with Crippen molar-refractivity contribution in [1.82, 2.24) is 9.97 Å². The van der Waals surface area contributed by atoms with Gasteiger partial charge in [-0.25, -0.2) is 9.97 Å². The number of rotatable bonds is 3. The third kappa shape index (κ3) is 2.97. The molecule has 1 unspecified atom stereocenters. The van der Waals surface area contributed by atoms with Gasteiger partial charge >= 0.3 is 0 Å². The summed E-state index contributed by atoms with van der Waals surface area (Å²) in [5.74, 6) is 1.48. The summed E-state index contributed by atoms with van der Waals surface area (Å²) in [5.41, 5.74) is 0. The van der Waals surface area contributed by atoms with Crippen LogP contribution in [0, 0.1) is 0 Å². The largest absolute Gasteiger partial charge is 0.488 e. The molecule has 0 radical (unpaired) electrons. The van der Waals surface area contributed by atoms with E-state index in [1.54, 1.807) is 24.5 Å². The molecule has 1 aromatic carbocycles. The number of aromatic nitrogens is 2. The van der Waals surface area contributed by atoms with Crippen LogP contribution in [0.1, 0.15) is 6.42 Å². The van der Waals surface area contributed by atoms with Crippen molar-refractivity contribution in [3.63, 3.8) is 0 Å². The van der Waals surface area contributed by atoms with Gasteiger partial charge in [0.25, 0.3) is 0 Å². The van der Waals surface area contributed by atoms with Crippen LogP contribution < -0.4 is 9.64 Å².